The molecule has 1 aromatic carbocycles. The van der Waals surface area contributed by atoms with Crippen molar-refractivity contribution in [2.75, 3.05) is 19.6 Å². The maximum absolute atomic E-state index is 13.5. The second-order valence-corrected chi connectivity index (χ2v) is 10.1. The van der Waals surface area contributed by atoms with E-state index in [0.29, 0.717) is 48.5 Å². The zero-order chi connectivity index (χ0) is 25.4. The van der Waals surface area contributed by atoms with Gasteiger partial charge >= 0.3 is 0 Å². The van der Waals surface area contributed by atoms with Crippen molar-refractivity contribution < 1.29 is 18.8 Å². The Labute approximate surface area is 209 Å². The minimum Gasteiger partial charge on any atom is -0.550 e. The average molecular weight is 496 g/mol. The van der Waals surface area contributed by atoms with Gasteiger partial charge in [0.2, 0.25) is 0 Å². The Morgan fingerprint density at radius 1 is 1.25 bits per heavy atom. The van der Waals surface area contributed by atoms with E-state index in [1.807, 2.05) is 13.8 Å². The first-order valence-corrected chi connectivity index (χ1v) is 13.0. The summed E-state index contributed by atoms with van der Waals surface area (Å²) in [4.78, 5) is 32.2. The molecular weight excluding hydrogens is 463 g/mol. The van der Waals surface area contributed by atoms with Gasteiger partial charge in [0.1, 0.15) is 11.6 Å². The topological polar surface area (TPSA) is 104 Å². The number of carboxylic acid groups (broad SMARTS) is 1. The highest BCUT2D eigenvalue weighted by Gasteiger charge is 2.31. The van der Waals surface area contributed by atoms with E-state index in [-0.39, 0.29) is 23.2 Å². The summed E-state index contributed by atoms with van der Waals surface area (Å²) in [5, 5.41) is 16.8. The number of aryl methyl sites for hydroxylation is 1. The Morgan fingerprint density at radius 2 is 2.03 bits per heavy atom. The van der Waals surface area contributed by atoms with Crippen LogP contribution in [-0.4, -0.2) is 45.2 Å². The lowest BCUT2D eigenvalue weighted by molar-refractivity contribution is -0.312. The smallest absolute Gasteiger partial charge is 0.256 e. The van der Waals surface area contributed by atoms with Crippen molar-refractivity contribution in [2.45, 2.75) is 70.8 Å². The zero-order valence-electron chi connectivity index (χ0n) is 20.8. The maximum Gasteiger partial charge on any atom is 0.256 e. The zero-order valence-corrected chi connectivity index (χ0v) is 20.8. The molecule has 9 heteroatoms. The van der Waals surface area contributed by atoms with Crippen LogP contribution in [0, 0.1) is 18.7 Å². The third-order valence-electron chi connectivity index (χ3n) is 8.07. The summed E-state index contributed by atoms with van der Waals surface area (Å²) in [6.45, 7) is 6.79. The Kier molecular flexibility index (Phi) is 6.92. The van der Waals surface area contributed by atoms with Crippen LogP contribution in [0.1, 0.15) is 73.6 Å². The number of carbonyl (C=O) groups excluding carboxylic acids is 1. The minimum absolute atomic E-state index is 0.0356. The number of benzene rings is 1. The number of halogens is 1. The molecular formula is C27H32FN4O4-. The van der Waals surface area contributed by atoms with Crippen LogP contribution < -0.4 is 10.7 Å². The van der Waals surface area contributed by atoms with Gasteiger partial charge in [-0.3, -0.25) is 9.36 Å². The number of carbonyl (C=O) groups is 1. The predicted molar refractivity (Wildman–Crippen MR) is 130 cm³/mol. The van der Waals surface area contributed by atoms with Crippen LogP contribution in [0.2, 0.25) is 0 Å². The Balaban J connectivity index is 1.26. The fourth-order valence-electron chi connectivity index (χ4n) is 6.03. The Bertz CT molecular complexity index is 1330. The lowest BCUT2D eigenvalue weighted by Crippen LogP contribution is -2.41. The lowest BCUT2D eigenvalue weighted by Gasteiger charge is -2.33. The molecule has 0 aliphatic carbocycles. The summed E-state index contributed by atoms with van der Waals surface area (Å²) in [6.07, 6.45) is 4.38. The number of likely N-dealkylation sites (tertiary alicyclic amines) is 1. The van der Waals surface area contributed by atoms with E-state index in [1.165, 1.54) is 12.1 Å². The molecule has 0 N–H and O–H groups in total. The van der Waals surface area contributed by atoms with Crippen molar-refractivity contribution in [3.8, 4) is 0 Å². The SMILES string of the molecule is CCC(C(=O)[O-])C1CCCn2c1nc(C)c(CCN1CCC(c3noc4cc(F)ccc34)CC1)c2=O. The summed E-state index contributed by atoms with van der Waals surface area (Å²) in [6, 6.07) is 4.55. The molecule has 0 spiro atoms. The molecule has 5 rings (SSSR count). The summed E-state index contributed by atoms with van der Waals surface area (Å²) < 4.78 is 20.5. The highest BCUT2D eigenvalue weighted by Crippen LogP contribution is 2.34. The van der Waals surface area contributed by atoms with Crippen LogP contribution in [0.3, 0.4) is 0 Å². The van der Waals surface area contributed by atoms with Gasteiger partial charge in [0.25, 0.3) is 5.56 Å². The highest BCUT2D eigenvalue weighted by molar-refractivity contribution is 5.79. The van der Waals surface area contributed by atoms with E-state index >= 15 is 0 Å². The molecule has 2 atom stereocenters. The van der Waals surface area contributed by atoms with Crippen molar-refractivity contribution in [3.63, 3.8) is 0 Å². The van der Waals surface area contributed by atoms with Gasteiger partial charge in [-0.05, 0) is 70.7 Å². The Morgan fingerprint density at radius 3 is 2.75 bits per heavy atom. The molecule has 2 aliphatic heterocycles. The fourth-order valence-corrected chi connectivity index (χ4v) is 6.03. The monoisotopic (exact) mass is 495 g/mol. The van der Waals surface area contributed by atoms with E-state index in [2.05, 4.69) is 10.1 Å². The van der Waals surface area contributed by atoms with Crippen LogP contribution in [0.5, 0.6) is 0 Å². The van der Waals surface area contributed by atoms with E-state index in [9.17, 15) is 19.1 Å². The summed E-state index contributed by atoms with van der Waals surface area (Å²) in [7, 11) is 0. The van der Waals surface area contributed by atoms with Crippen LogP contribution in [0.4, 0.5) is 4.39 Å². The molecule has 36 heavy (non-hydrogen) atoms. The van der Waals surface area contributed by atoms with Crippen molar-refractivity contribution in [1.82, 2.24) is 19.6 Å². The Hall–Kier alpha value is -3.07. The van der Waals surface area contributed by atoms with E-state index in [4.69, 9.17) is 9.51 Å². The molecule has 3 aromatic rings. The molecule has 1 fully saturated rings. The second kappa shape index (κ2) is 10.1. The third kappa shape index (κ3) is 4.56. The van der Waals surface area contributed by atoms with Gasteiger partial charge in [-0.2, -0.15) is 0 Å². The van der Waals surface area contributed by atoms with E-state index < -0.39 is 11.9 Å². The van der Waals surface area contributed by atoms with Crippen LogP contribution in [0.15, 0.2) is 27.5 Å². The molecule has 2 aliphatic rings. The average Bonchev–Trinajstić information content (AvgIpc) is 3.28. The van der Waals surface area contributed by atoms with E-state index in [1.54, 1.807) is 10.6 Å². The first-order valence-electron chi connectivity index (χ1n) is 13.0. The van der Waals surface area contributed by atoms with E-state index in [0.717, 1.165) is 50.0 Å². The molecule has 2 unspecified atom stereocenters. The third-order valence-corrected chi connectivity index (χ3v) is 8.07. The molecule has 4 heterocycles. The number of piperidine rings is 1. The lowest BCUT2D eigenvalue weighted by atomic mass is 9.83. The number of aromatic nitrogens is 3. The number of hydrogen-bond donors (Lipinski definition) is 0. The largest absolute Gasteiger partial charge is 0.550 e. The van der Waals surface area contributed by atoms with Crippen LogP contribution >= 0.6 is 0 Å². The van der Waals surface area contributed by atoms with Crippen LogP contribution in [0.25, 0.3) is 11.0 Å². The second-order valence-electron chi connectivity index (χ2n) is 10.1. The van der Waals surface area contributed by atoms with Gasteiger partial charge < -0.3 is 19.3 Å². The van der Waals surface area contributed by atoms with Gasteiger partial charge in [0.15, 0.2) is 5.58 Å². The van der Waals surface area contributed by atoms with Crippen molar-refractivity contribution in [3.05, 3.63) is 57.1 Å². The predicted octanol–water partition coefficient (Wildman–Crippen LogP) is 2.91. The quantitative estimate of drug-likeness (QED) is 0.496. The van der Waals surface area contributed by atoms with Gasteiger partial charge in [-0.25, -0.2) is 9.37 Å². The summed E-state index contributed by atoms with van der Waals surface area (Å²) in [5.74, 6) is -1.45. The molecule has 0 radical (unpaired) electrons. The normalized spacial score (nSPS) is 19.9. The summed E-state index contributed by atoms with van der Waals surface area (Å²) in [5.41, 5.74) is 2.76. The maximum atomic E-state index is 13.5. The standard InChI is InChI=1S/C27H33FN4O4/c1-3-19(27(34)35)21-5-4-11-32-25(21)29-16(2)20(26(32)33)10-14-31-12-8-17(9-13-31)24-22-7-6-18(28)15-23(22)36-30-24/h6-7,15,17,19,21H,3-5,8-14H2,1-2H3,(H,34,35)/p-1. The molecule has 192 valence electrons. The molecule has 0 amide bonds. The molecule has 0 bridgehead atoms. The molecule has 0 saturated carbocycles. The van der Waals surface area contributed by atoms with Crippen LogP contribution in [-0.2, 0) is 17.8 Å². The number of hydrogen-bond acceptors (Lipinski definition) is 7. The van der Waals surface area contributed by atoms with Crippen molar-refractivity contribution in [2.24, 2.45) is 5.92 Å². The van der Waals surface area contributed by atoms with Crippen molar-refractivity contribution in [1.29, 1.82) is 0 Å². The summed E-state index contributed by atoms with van der Waals surface area (Å²) >= 11 is 0. The highest BCUT2D eigenvalue weighted by atomic mass is 19.1. The fraction of sp³-hybridized carbons (Fsp3) is 0.556. The van der Waals surface area contributed by atoms with Gasteiger partial charge in [-0.15, -0.1) is 0 Å². The number of nitrogens with zero attached hydrogens (tertiary/aromatic N) is 4. The number of fused-ring (bicyclic) bond motifs is 2. The van der Waals surface area contributed by atoms with Gasteiger partial charge in [0, 0.05) is 59.5 Å². The first kappa shape index (κ1) is 24.6. The molecule has 1 saturated heterocycles. The number of aliphatic carboxylic acids is 1. The minimum atomic E-state index is -1.07. The van der Waals surface area contributed by atoms with Gasteiger partial charge in [0.05, 0.1) is 5.69 Å². The van der Waals surface area contributed by atoms with Gasteiger partial charge in [-0.1, -0.05) is 12.1 Å². The first-order chi connectivity index (χ1) is 17.4. The molecule has 8 nitrogen and oxygen atoms in total. The number of rotatable bonds is 7. The number of carboxylic acids is 1. The van der Waals surface area contributed by atoms with Crippen molar-refractivity contribution >= 4 is 16.9 Å². The molecule has 2 aromatic heterocycles.